The van der Waals surface area contributed by atoms with Crippen LogP contribution in [0.15, 0.2) is 78.9 Å². The van der Waals surface area contributed by atoms with Gasteiger partial charge in [0.2, 0.25) is 0 Å². The lowest BCUT2D eigenvalue weighted by atomic mass is 9.99. The molecule has 0 bridgehead atoms. The van der Waals surface area contributed by atoms with Crippen molar-refractivity contribution in [2.75, 3.05) is 54.1 Å². The van der Waals surface area contributed by atoms with E-state index >= 15 is 0 Å². The zero-order chi connectivity index (χ0) is 42.4. The lowest BCUT2D eigenvalue weighted by molar-refractivity contribution is -0.870. The number of quaternary nitrogens is 1. The highest BCUT2D eigenvalue weighted by atomic mass is 31.2. The number of benzene rings is 3. The van der Waals surface area contributed by atoms with Crippen LogP contribution < -0.4 is 0 Å². The lowest BCUT2D eigenvalue weighted by Gasteiger charge is -2.25. The number of rotatable bonds is 35. The first-order chi connectivity index (χ1) is 28.5. The van der Waals surface area contributed by atoms with Gasteiger partial charge in [-0.05, 0) is 97.0 Å². The molecule has 3 rings (SSSR count). The Hall–Kier alpha value is -2.84. The number of aryl methyl sites for hydroxylation is 1. The smallest absolute Gasteiger partial charge is 0.463 e. The van der Waals surface area contributed by atoms with Gasteiger partial charge in [0, 0.05) is 13.0 Å². The molecule has 0 fully saturated rings. The second-order valence-electron chi connectivity index (χ2n) is 17.2. The van der Waals surface area contributed by atoms with Gasteiger partial charge in [-0.15, -0.1) is 0 Å². The summed E-state index contributed by atoms with van der Waals surface area (Å²) in [7, 11) is 1.58. The number of ether oxygens (including phenoxy) is 2. The van der Waals surface area contributed by atoms with E-state index in [9.17, 15) is 14.3 Å². The molecule has 0 saturated heterocycles. The van der Waals surface area contributed by atoms with Gasteiger partial charge in [-0.25, -0.2) is 4.57 Å². The number of phosphoric acid groups is 1. The van der Waals surface area contributed by atoms with E-state index in [0.717, 1.165) is 64.2 Å². The first kappa shape index (κ1) is 50.5. The third-order valence-corrected chi connectivity index (χ3v) is 11.7. The van der Waals surface area contributed by atoms with Crippen LogP contribution in [-0.4, -0.2) is 75.6 Å². The van der Waals surface area contributed by atoms with Crippen LogP contribution in [-0.2, 0) is 34.3 Å². The molecular formula is C50H79NO7P+. The number of unbranched alkanes of at least 4 members (excludes halogenated alkanes) is 15. The molecule has 0 aliphatic carbocycles. The second-order valence-corrected chi connectivity index (χ2v) is 18.6. The molecule has 0 saturated carbocycles. The molecule has 1 unspecified atom stereocenters. The minimum atomic E-state index is -4.36. The maximum atomic E-state index is 12.7. The number of carbonyl (C=O) groups excluding carboxylic acids is 1. The molecule has 3 aromatic carbocycles. The first-order valence-electron chi connectivity index (χ1n) is 23.0. The number of hydrogen-bond acceptors (Lipinski definition) is 6. The quantitative estimate of drug-likeness (QED) is 0.0158. The topological polar surface area (TPSA) is 91.3 Å². The van der Waals surface area contributed by atoms with Crippen LogP contribution in [0, 0.1) is 0 Å². The number of nitrogens with zero attached hydrogens (tertiary/aromatic N) is 1. The van der Waals surface area contributed by atoms with Crippen molar-refractivity contribution < 1.29 is 37.3 Å². The second kappa shape index (κ2) is 30.2. The Morgan fingerprint density at radius 1 is 0.678 bits per heavy atom. The maximum absolute atomic E-state index is 12.7. The molecule has 1 N–H and O–H groups in total. The number of phosphoric ester groups is 1. The molecule has 0 aliphatic rings. The summed E-state index contributed by atoms with van der Waals surface area (Å²) in [5, 5.41) is 5.17. The van der Waals surface area contributed by atoms with Crippen molar-refractivity contribution >= 4 is 35.3 Å². The Labute approximate surface area is 357 Å². The van der Waals surface area contributed by atoms with Crippen molar-refractivity contribution in [3.05, 3.63) is 84.5 Å². The third kappa shape index (κ3) is 24.9. The third-order valence-electron chi connectivity index (χ3n) is 10.6. The average Bonchev–Trinajstić information content (AvgIpc) is 3.20. The van der Waals surface area contributed by atoms with Crippen LogP contribution in [0.4, 0.5) is 0 Å². The summed E-state index contributed by atoms with van der Waals surface area (Å²) in [5.74, 6) is -0.328. The normalized spacial score (nSPS) is 13.8. The predicted octanol–water partition coefficient (Wildman–Crippen LogP) is 13.2. The van der Waals surface area contributed by atoms with Crippen molar-refractivity contribution in [2.24, 2.45) is 0 Å². The van der Waals surface area contributed by atoms with Crippen LogP contribution in [0.3, 0.4) is 0 Å². The van der Waals surface area contributed by atoms with Crippen LogP contribution in [0.5, 0.6) is 0 Å². The summed E-state index contributed by atoms with van der Waals surface area (Å²) in [5.41, 5.74) is 1.40. The molecule has 330 valence electrons. The predicted molar refractivity (Wildman–Crippen MR) is 247 cm³/mol. The Balaban J connectivity index is 1.24. The highest BCUT2D eigenvalue weighted by Gasteiger charge is 2.29. The summed E-state index contributed by atoms with van der Waals surface area (Å²) in [4.78, 5) is 23.0. The van der Waals surface area contributed by atoms with E-state index in [1.54, 1.807) is 0 Å². The first-order valence-corrected chi connectivity index (χ1v) is 24.5. The van der Waals surface area contributed by atoms with Crippen molar-refractivity contribution in [1.29, 1.82) is 0 Å². The Morgan fingerprint density at radius 3 is 1.95 bits per heavy atom. The van der Waals surface area contributed by atoms with Gasteiger partial charge in [-0.3, -0.25) is 13.8 Å². The largest absolute Gasteiger partial charge is 0.472 e. The fraction of sp³-hybridized carbons (Fsp3) is 0.620. The highest BCUT2D eigenvalue weighted by molar-refractivity contribution is 7.47. The number of carbonyl (C=O) groups is 1. The molecule has 0 aromatic heterocycles. The van der Waals surface area contributed by atoms with Crippen LogP contribution >= 0.6 is 7.82 Å². The molecule has 0 heterocycles. The van der Waals surface area contributed by atoms with Gasteiger partial charge in [0.05, 0.1) is 27.7 Å². The van der Waals surface area contributed by atoms with Crippen molar-refractivity contribution in [1.82, 2.24) is 0 Å². The van der Waals surface area contributed by atoms with E-state index in [1.165, 1.54) is 91.3 Å². The molecule has 59 heavy (non-hydrogen) atoms. The average molecular weight is 837 g/mol. The van der Waals surface area contributed by atoms with Crippen molar-refractivity contribution in [3.8, 4) is 0 Å². The van der Waals surface area contributed by atoms with E-state index in [4.69, 9.17) is 18.5 Å². The zero-order valence-electron chi connectivity index (χ0n) is 37.3. The van der Waals surface area contributed by atoms with Crippen LogP contribution in [0.25, 0.3) is 21.5 Å². The lowest BCUT2D eigenvalue weighted by Crippen LogP contribution is -2.37. The molecule has 2 atom stereocenters. The van der Waals surface area contributed by atoms with E-state index in [-0.39, 0.29) is 25.8 Å². The molecule has 8 nitrogen and oxygen atoms in total. The summed E-state index contributed by atoms with van der Waals surface area (Å²) >= 11 is 0. The molecule has 0 spiro atoms. The molecular weight excluding hydrogens is 758 g/mol. The molecule has 9 heteroatoms. The summed E-state index contributed by atoms with van der Waals surface area (Å²) in [6.45, 7) is 3.26. The highest BCUT2D eigenvalue weighted by Crippen LogP contribution is 2.44. The molecule has 0 radical (unpaired) electrons. The number of fused-ring (bicyclic) bond motifs is 2. The van der Waals surface area contributed by atoms with Gasteiger partial charge in [0.1, 0.15) is 25.9 Å². The Bertz CT molecular complexity index is 1680. The van der Waals surface area contributed by atoms with E-state index in [0.29, 0.717) is 24.1 Å². The Kier molecular flexibility index (Phi) is 25.9. The fourth-order valence-electron chi connectivity index (χ4n) is 7.05. The molecule has 0 amide bonds. The molecule has 3 aromatic rings. The number of allylic oxidation sites excluding steroid dienone is 4. The summed E-state index contributed by atoms with van der Waals surface area (Å²) < 4.78 is 35.4. The minimum absolute atomic E-state index is 0.0504. The van der Waals surface area contributed by atoms with Gasteiger partial charge < -0.3 is 18.9 Å². The van der Waals surface area contributed by atoms with E-state index in [1.807, 2.05) is 21.1 Å². The monoisotopic (exact) mass is 837 g/mol. The number of likely N-dealkylation sites (N-methyl/N-ethyl adjacent to an activating group) is 1. The van der Waals surface area contributed by atoms with Gasteiger partial charge in [-0.2, -0.15) is 0 Å². The van der Waals surface area contributed by atoms with Gasteiger partial charge in [0.15, 0.2) is 0 Å². The summed E-state index contributed by atoms with van der Waals surface area (Å²) in [6, 6.07) is 20.0. The maximum Gasteiger partial charge on any atom is 0.472 e. The Morgan fingerprint density at radius 2 is 1.27 bits per heavy atom. The van der Waals surface area contributed by atoms with Gasteiger partial charge in [-0.1, -0.05) is 144 Å². The van der Waals surface area contributed by atoms with Crippen molar-refractivity contribution in [3.63, 3.8) is 0 Å². The van der Waals surface area contributed by atoms with Crippen LogP contribution in [0.2, 0.25) is 0 Å². The van der Waals surface area contributed by atoms with Crippen LogP contribution in [0.1, 0.15) is 141 Å². The van der Waals surface area contributed by atoms with Gasteiger partial charge >= 0.3 is 13.8 Å². The number of esters is 1. The minimum Gasteiger partial charge on any atom is -0.463 e. The SMILES string of the molecule is CCCCCC=CCC=CCCCCCCCCOC[C@@H](COC(=O)CCCCCCCCCc1ccc2cc3ccccc3cc2c1)OP(=O)(O)OCC[N+](C)(C)C. The van der Waals surface area contributed by atoms with Gasteiger partial charge in [0.25, 0.3) is 0 Å². The standard InChI is InChI=1S/C50H78NO7P/c1-5-6-7-8-9-10-11-12-13-14-15-16-17-21-24-29-37-55-42-49(58-59(53,54)57-38-36-51(2,3)4)43-56-50(52)33-26-23-20-18-19-22-25-30-44-34-35-47-40-45-31-27-28-32-46(45)41-48(47)39-44/h9-10,12-13,27-28,31-32,34-35,39-41,49H,5-8,11,14-26,29-30,33,36-38,42-43H2,1-4H3/p+1/t49-/m0/s1. The zero-order valence-corrected chi connectivity index (χ0v) is 38.2. The summed E-state index contributed by atoms with van der Waals surface area (Å²) in [6.07, 6.45) is 31.2. The molecule has 0 aliphatic heterocycles. The van der Waals surface area contributed by atoms with Crippen molar-refractivity contribution in [2.45, 2.75) is 148 Å². The van der Waals surface area contributed by atoms with E-state index in [2.05, 4.69) is 85.8 Å². The fourth-order valence-corrected chi connectivity index (χ4v) is 7.92. The number of hydrogen-bond donors (Lipinski definition) is 1. The van der Waals surface area contributed by atoms with E-state index < -0.39 is 13.9 Å².